The van der Waals surface area contributed by atoms with Gasteiger partial charge in [-0.15, -0.1) is 0 Å². The first-order valence-electron chi connectivity index (χ1n) is 4.78. The van der Waals surface area contributed by atoms with E-state index in [-0.39, 0.29) is 6.61 Å². The molecule has 0 amide bonds. The normalized spacial score (nSPS) is 14.9. The molecule has 2 N–H and O–H groups in total. The lowest BCUT2D eigenvalue weighted by molar-refractivity contribution is -0.0214. The molecule has 0 aromatic heterocycles. The molecule has 0 spiro atoms. The van der Waals surface area contributed by atoms with Crippen molar-refractivity contribution in [3.63, 3.8) is 0 Å². The first kappa shape index (κ1) is 12.1. The molecule has 0 aliphatic heterocycles. The molecular weight excluding hydrogens is 199 g/mol. The molecule has 0 unspecified atom stereocenters. The van der Waals surface area contributed by atoms with E-state index in [2.05, 4.69) is 0 Å². The summed E-state index contributed by atoms with van der Waals surface area (Å²) in [7, 11) is 0. The molecule has 0 aliphatic rings. The van der Waals surface area contributed by atoms with E-state index in [1.54, 1.807) is 0 Å². The van der Waals surface area contributed by atoms with Crippen LogP contribution in [0.25, 0.3) is 0 Å². The maximum atomic E-state index is 13.0. The number of ether oxygens (including phenoxy) is 1. The summed E-state index contributed by atoms with van der Waals surface area (Å²) in [6, 6.07) is 9.37. The summed E-state index contributed by atoms with van der Waals surface area (Å²) >= 11 is 0. The lowest BCUT2D eigenvalue weighted by Gasteiger charge is -2.13. The fourth-order valence-electron chi connectivity index (χ4n) is 1.09. The fraction of sp³-hybridized carbons (Fsp3) is 0.455. The molecule has 3 nitrogen and oxygen atoms in total. The maximum Gasteiger partial charge on any atom is 0.151 e. The molecule has 84 valence electrons. The van der Waals surface area contributed by atoms with Gasteiger partial charge in [0.1, 0.15) is 6.10 Å². The minimum absolute atomic E-state index is 0.212. The standard InChI is InChI=1S/C11H15FO3/c12-10(11(14)6-13)8-15-7-9-4-2-1-3-5-9/h1-5,10-11,13-14H,6-8H2/t10-,11+/m0/s1. The van der Waals surface area contributed by atoms with Gasteiger partial charge in [-0.25, -0.2) is 4.39 Å². The molecule has 1 rings (SSSR count). The van der Waals surface area contributed by atoms with Crippen molar-refractivity contribution in [3.8, 4) is 0 Å². The Morgan fingerprint density at radius 2 is 1.93 bits per heavy atom. The molecule has 0 saturated carbocycles. The van der Waals surface area contributed by atoms with Gasteiger partial charge in [0.05, 0.1) is 19.8 Å². The zero-order valence-corrected chi connectivity index (χ0v) is 8.34. The number of aliphatic hydroxyl groups is 2. The number of alkyl halides is 1. The number of halogens is 1. The minimum atomic E-state index is -1.54. The van der Waals surface area contributed by atoms with E-state index < -0.39 is 18.9 Å². The lowest BCUT2D eigenvalue weighted by atomic mass is 10.2. The largest absolute Gasteiger partial charge is 0.394 e. The van der Waals surface area contributed by atoms with Crippen molar-refractivity contribution < 1.29 is 19.3 Å². The van der Waals surface area contributed by atoms with Gasteiger partial charge in [0.15, 0.2) is 6.17 Å². The Labute approximate surface area is 88.1 Å². The Balaban J connectivity index is 2.22. The number of aliphatic hydroxyl groups excluding tert-OH is 2. The van der Waals surface area contributed by atoms with Gasteiger partial charge < -0.3 is 14.9 Å². The number of rotatable bonds is 6. The summed E-state index contributed by atoms with van der Waals surface area (Å²) in [5, 5.41) is 17.4. The lowest BCUT2D eigenvalue weighted by Crippen LogP contribution is -2.29. The summed E-state index contributed by atoms with van der Waals surface area (Å²) in [6.45, 7) is -0.494. The van der Waals surface area contributed by atoms with E-state index in [9.17, 15) is 4.39 Å². The molecule has 0 bridgehead atoms. The van der Waals surface area contributed by atoms with Crippen LogP contribution in [0.2, 0.25) is 0 Å². The average Bonchev–Trinajstić information content (AvgIpc) is 2.29. The fourth-order valence-corrected chi connectivity index (χ4v) is 1.09. The van der Waals surface area contributed by atoms with Gasteiger partial charge in [-0.1, -0.05) is 30.3 Å². The van der Waals surface area contributed by atoms with E-state index in [4.69, 9.17) is 14.9 Å². The highest BCUT2D eigenvalue weighted by atomic mass is 19.1. The molecule has 0 heterocycles. The second-order valence-corrected chi connectivity index (χ2v) is 3.27. The monoisotopic (exact) mass is 214 g/mol. The molecule has 0 saturated heterocycles. The summed E-state index contributed by atoms with van der Waals surface area (Å²) < 4.78 is 18.0. The summed E-state index contributed by atoms with van der Waals surface area (Å²) in [5.41, 5.74) is 0.947. The predicted octanol–water partition coefficient (Wildman–Crippen LogP) is 0.895. The molecule has 2 atom stereocenters. The van der Waals surface area contributed by atoms with Crippen LogP contribution in [0, 0.1) is 0 Å². The Hall–Kier alpha value is -0.970. The van der Waals surface area contributed by atoms with Crippen molar-refractivity contribution in [1.29, 1.82) is 0 Å². The molecule has 0 aliphatic carbocycles. The van der Waals surface area contributed by atoms with Gasteiger partial charge in [0.2, 0.25) is 0 Å². The van der Waals surface area contributed by atoms with E-state index >= 15 is 0 Å². The molecule has 1 aromatic rings. The van der Waals surface area contributed by atoms with Crippen molar-refractivity contribution in [2.45, 2.75) is 18.9 Å². The van der Waals surface area contributed by atoms with Crippen LogP contribution in [-0.4, -0.2) is 35.7 Å². The van der Waals surface area contributed by atoms with Gasteiger partial charge in [-0.05, 0) is 5.56 Å². The minimum Gasteiger partial charge on any atom is -0.394 e. The van der Waals surface area contributed by atoms with Crippen LogP contribution >= 0.6 is 0 Å². The smallest absolute Gasteiger partial charge is 0.151 e. The highest BCUT2D eigenvalue weighted by molar-refractivity contribution is 5.13. The highest BCUT2D eigenvalue weighted by Crippen LogP contribution is 2.04. The first-order valence-corrected chi connectivity index (χ1v) is 4.78. The molecule has 1 aromatic carbocycles. The van der Waals surface area contributed by atoms with E-state index in [1.807, 2.05) is 30.3 Å². The van der Waals surface area contributed by atoms with Gasteiger partial charge in [-0.3, -0.25) is 0 Å². The SMILES string of the molecule is OC[C@@H](O)[C@@H](F)COCc1ccccc1. The van der Waals surface area contributed by atoms with E-state index in [1.165, 1.54) is 0 Å². The third-order valence-corrected chi connectivity index (χ3v) is 1.99. The highest BCUT2D eigenvalue weighted by Gasteiger charge is 2.17. The number of benzene rings is 1. The zero-order valence-electron chi connectivity index (χ0n) is 8.34. The molecule has 15 heavy (non-hydrogen) atoms. The quantitative estimate of drug-likeness (QED) is 0.739. The van der Waals surface area contributed by atoms with Crippen molar-refractivity contribution >= 4 is 0 Å². The van der Waals surface area contributed by atoms with Crippen molar-refractivity contribution in [2.75, 3.05) is 13.2 Å². The molecule has 0 fully saturated rings. The second-order valence-electron chi connectivity index (χ2n) is 3.27. The van der Waals surface area contributed by atoms with E-state index in [0.29, 0.717) is 6.61 Å². The molecule has 4 heteroatoms. The van der Waals surface area contributed by atoms with Crippen molar-refractivity contribution in [3.05, 3.63) is 35.9 Å². The average molecular weight is 214 g/mol. The maximum absolute atomic E-state index is 13.0. The van der Waals surface area contributed by atoms with Crippen molar-refractivity contribution in [2.24, 2.45) is 0 Å². The molecule has 0 radical (unpaired) electrons. The Morgan fingerprint density at radius 1 is 1.27 bits per heavy atom. The van der Waals surface area contributed by atoms with Crippen molar-refractivity contribution in [1.82, 2.24) is 0 Å². The van der Waals surface area contributed by atoms with Crippen LogP contribution in [0.15, 0.2) is 30.3 Å². The van der Waals surface area contributed by atoms with Crippen LogP contribution in [0.5, 0.6) is 0 Å². The zero-order chi connectivity index (χ0) is 11.1. The van der Waals surface area contributed by atoms with Crippen LogP contribution in [-0.2, 0) is 11.3 Å². The predicted molar refractivity (Wildman–Crippen MR) is 54.1 cm³/mol. The third kappa shape index (κ3) is 4.38. The van der Waals surface area contributed by atoms with Gasteiger partial charge in [0.25, 0.3) is 0 Å². The van der Waals surface area contributed by atoms with Crippen LogP contribution in [0.4, 0.5) is 4.39 Å². The number of hydrogen-bond donors (Lipinski definition) is 2. The van der Waals surface area contributed by atoms with Gasteiger partial charge in [0, 0.05) is 0 Å². The number of hydrogen-bond acceptors (Lipinski definition) is 3. The topological polar surface area (TPSA) is 49.7 Å². The summed E-state index contributed by atoms with van der Waals surface area (Å²) in [5.74, 6) is 0. The van der Waals surface area contributed by atoms with Crippen LogP contribution in [0.1, 0.15) is 5.56 Å². The summed E-state index contributed by atoms with van der Waals surface area (Å²) in [4.78, 5) is 0. The van der Waals surface area contributed by atoms with Crippen LogP contribution in [0.3, 0.4) is 0 Å². The molecular formula is C11H15FO3. The van der Waals surface area contributed by atoms with E-state index in [0.717, 1.165) is 5.56 Å². The Morgan fingerprint density at radius 3 is 2.53 bits per heavy atom. The Kier molecular flexibility index (Phi) is 5.25. The summed E-state index contributed by atoms with van der Waals surface area (Å²) in [6.07, 6.45) is -2.90. The van der Waals surface area contributed by atoms with Gasteiger partial charge >= 0.3 is 0 Å². The van der Waals surface area contributed by atoms with Crippen LogP contribution < -0.4 is 0 Å². The second kappa shape index (κ2) is 6.50. The third-order valence-electron chi connectivity index (χ3n) is 1.99. The van der Waals surface area contributed by atoms with Gasteiger partial charge in [-0.2, -0.15) is 0 Å². The Bertz CT molecular complexity index is 266. The first-order chi connectivity index (χ1) is 7.24.